The fourth-order valence-electron chi connectivity index (χ4n) is 1.90. The molecule has 2 rings (SSSR count). The van der Waals surface area contributed by atoms with Gasteiger partial charge >= 0.3 is 0 Å². The molecule has 0 aliphatic rings. The van der Waals surface area contributed by atoms with Crippen LogP contribution >= 0.6 is 11.3 Å². The van der Waals surface area contributed by atoms with Crippen molar-refractivity contribution in [2.24, 2.45) is 0 Å². The first-order valence-electron chi connectivity index (χ1n) is 5.54. The molecule has 0 aromatic carbocycles. The fourth-order valence-corrected chi connectivity index (χ4v) is 3.06. The Kier molecular flexibility index (Phi) is 3.23. The van der Waals surface area contributed by atoms with Gasteiger partial charge in [0.25, 0.3) is 5.91 Å². The summed E-state index contributed by atoms with van der Waals surface area (Å²) in [5, 5.41) is 2.48. The number of rotatable bonds is 2. The first-order chi connectivity index (χ1) is 8.40. The molecule has 5 nitrogen and oxygen atoms in total. The van der Waals surface area contributed by atoms with Crippen molar-refractivity contribution in [1.29, 1.82) is 0 Å². The van der Waals surface area contributed by atoms with E-state index in [0.29, 0.717) is 10.6 Å². The normalized spacial score (nSPS) is 11.2. The number of nitrogens with one attached hydrogen (secondary N) is 1. The quantitative estimate of drug-likeness (QED) is 0.810. The number of pyridine rings is 1. The lowest BCUT2D eigenvalue weighted by atomic mass is 10.2. The molecule has 3 N–H and O–H groups in total. The molecule has 0 spiro atoms. The number of hydrogen-bond donors (Lipinski definition) is 2. The van der Waals surface area contributed by atoms with E-state index in [1.165, 1.54) is 11.3 Å². The number of anilines is 1. The molecule has 0 fully saturated rings. The second-order valence-corrected chi connectivity index (χ2v) is 5.45. The van der Waals surface area contributed by atoms with Crippen LogP contribution in [0.1, 0.15) is 21.1 Å². The number of aryl methyl sites for hydroxylation is 2. The number of thiophene rings is 1. The SMILES string of the molecule is Cc1cc2sc(C(=O)NN(C)C)c(N)c2c(C)n1. The third-order valence-corrected chi connectivity index (χ3v) is 3.70. The van der Waals surface area contributed by atoms with Gasteiger partial charge in [-0.05, 0) is 19.9 Å². The van der Waals surface area contributed by atoms with Crippen molar-refractivity contribution in [1.82, 2.24) is 15.4 Å². The van der Waals surface area contributed by atoms with Crippen LogP contribution in [0.5, 0.6) is 0 Å². The molecule has 0 aliphatic heterocycles. The van der Waals surface area contributed by atoms with Crippen molar-refractivity contribution in [2.75, 3.05) is 19.8 Å². The van der Waals surface area contributed by atoms with Gasteiger partial charge in [-0.3, -0.25) is 15.2 Å². The molecule has 2 heterocycles. The van der Waals surface area contributed by atoms with E-state index in [1.807, 2.05) is 19.9 Å². The maximum Gasteiger partial charge on any atom is 0.277 e. The molecule has 18 heavy (non-hydrogen) atoms. The van der Waals surface area contributed by atoms with Crippen molar-refractivity contribution in [3.8, 4) is 0 Å². The van der Waals surface area contributed by atoms with E-state index < -0.39 is 0 Å². The Balaban J connectivity index is 2.57. The number of carbonyl (C=O) groups is 1. The Labute approximate surface area is 110 Å². The lowest BCUT2D eigenvalue weighted by molar-refractivity contribution is 0.0862. The van der Waals surface area contributed by atoms with Crippen LogP contribution in [-0.2, 0) is 0 Å². The number of fused-ring (bicyclic) bond motifs is 1. The molecular formula is C12H16N4OS. The third kappa shape index (κ3) is 2.16. The summed E-state index contributed by atoms with van der Waals surface area (Å²) in [5.74, 6) is -0.184. The smallest absolute Gasteiger partial charge is 0.277 e. The molecule has 2 aromatic heterocycles. The van der Waals surface area contributed by atoms with Gasteiger partial charge in [-0.25, -0.2) is 5.01 Å². The maximum atomic E-state index is 12.0. The lowest BCUT2D eigenvalue weighted by Gasteiger charge is -2.10. The highest BCUT2D eigenvalue weighted by Gasteiger charge is 2.18. The number of amides is 1. The van der Waals surface area contributed by atoms with Gasteiger partial charge in [-0.1, -0.05) is 0 Å². The molecule has 0 aliphatic carbocycles. The van der Waals surface area contributed by atoms with E-state index in [9.17, 15) is 4.79 Å². The van der Waals surface area contributed by atoms with E-state index >= 15 is 0 Å². The number of nitrogen functional groups attached to an aromatic ring is 1. The molecule has 0 atom stereocenters. The van der Waals surface area contributed by atoms with Gasteiger partial charge in [-0.15, -0.1) is 11.3 Å². The summed E-state index contributed by atoms with van der Waals surface area (Å²) in [7, 11) is 3.52. The number of aromatic nitrogens is 1. The average molecular weight is 264 g/mol. The van der Waals surface area contributed by atoms with Crippen molar-refractivity contribution >= 4 is 33.0 Å². The second kappa shape index (κ2) is 4.55. The highest BCUT2D eigenvalue weighted by atomic mass is 32.1. The Morgan fingerprint density at radius 1 is 1.44 bits per heavy atom. The highest BCUT2D eigenvalue weighted by Crippen LogP contribution is 2.35. The van der Waals surface area contributed by atoms with Crippen LogP contribution < -0.4 is 11.2 Å². The number of hydrogen-bond acceptors (Lipinski definition) is 5. The van der Waals surface area contributed by atoms with E-state index in [0.717, 1.165) is 21.5 Å². The largest absolute Gasteiger partial charge is 0.397 e. The maximum absolute atomic E-state index is 12.0. The van der Waals surface area contributed by atoms with Gasteiger partial charge in [-0.2, -0.15) is 0 Å². The Bertz CT molecular complexity index is 618. The Morgan fingerprint density at radius 3 is 2.72 bits per heavy atom. The first-order valence-corrected chi connectivity index (χ1v) is 6.36. The van der Waals surface area contributed by atoms with E-state index in [4.69, 9.17) is 5.73 Å². The molecular weight excluding hydrogens is 248 g/mol. The lowest BCUT2D eigenvalue weighted by Crippen LogP contribution is -2.35. The monoisotopic (exact) mass is 264 g/mol. The molecule has 0 unspecified atom stereocenters. The molecule has 0 saturated carbocycles. The zero-order valence-corrected chi connectivity index (χ0v) is 11.7. The number of nitrogens with two attached hydrogens (primary N) is 1. The third-order valence-electron chi connectivity index (χ3n) is 2.55. The minimum absolute atomic E-state index is 0.184. The van der Waals surface area contributed by atoms with Gasteiger partial charge in [0.15, 0.2) is 0 Å². The van der Waals surface area contributed by atoms with Crippen LogP contribution in [-0.4, -0.2) is 30.0 Å². The van der Waals surface area contributed by atoms with Gasteiger partial charge in [0.1, 0.15) is 4.88 Å². The van der Waals surface area contributed by atoms with Crippen molar-refractivity contribution in [3.63, 3.8) is 0 Å². The molecule has 0 radical (unpaired) electrons. The number of nitrogens with zero attached hydrogens (tertiary/aromatic N) is 2. The van der Waals surface area contributed by atoms with Crippen molar-refractivity contribution in [2.45, 2.75) is 13.8 Å². The summed E-state index contributed by atoms with van der Waals surface area (Å²) >= 11 is 1.40. The minimum Gasteiger partial charge on any atom is -0.397 e. The second-order valence-electron chi connectivity index (χ2n) is 4.40. The minimum atomic E-state index is -0.184. The predicted octanol–water partition coefficient (Wildman–Crippen LogP) is 1.70. The topological polar surface area (TPSA) is 71.2 Å². The molecule has 2 aromatic rings. The van der Waals surface area contributed by atoms with Crippen LogP contribution in [0.3, 0.4) is 0 Å². The summed E-state index contributed by atoms with van der Waals surface area (Å²) in [6.45, 7) is 3.84. The molecule has 96 valence electrons. The van der Waals surface area contributed by atoms with Crippen LogP contribution in [0, 0.1) is 13.8 Å². The zero-order chi connectivity index (χ0) is 13.4. The standard InChI is InChI=1S/C12H16N4OS/c1-6-5-8-9(7(2)14-6)10(13)11(18-8)12(17)15-16(3)4/h5H,13H2,1-4H3,(H,15,17). The van der Waals surface area contributed by atoms with Gasteiger partial charge in [0.2, 0.25) is 0 Å². The molecule has 1 amide bonds. The van der Waals surface area contributed by atoms with Gasteiger partial charge in [0.05, 0.1) is 5.69 Å². The Morgan fingerprint density at radius 2 is 2.11 bits per heavy atom. The van der Waals surface area contributed by atoms with Crippen LogP contribution in [0.25, 0.3) is 10.1 Å². The zero-order valence-electron chi connectivity index (χ0n) is 10.9. The first kappa shape index (κ1) is 12.8. The van der Waals surface area contributed by atoms with Crippen molar-refractivity contribution < 1.29 is 4.79 Å². The highest BCUT2D eigenvalue weighted by molar-refractivity contribution is 7.21. The number of carbonyl (C=O) groups excluding carboxylic acids is 1. The van der Waals surface area contributed by atoms with E-state index in [-0.39, 0.29) is 5.91 Å². The van der Waals surface area contributed by atoms with Crippen molar-refractivity contribution in [3.05, 3.63) is 22.3 Å². The molecule has 0 saturated heterocycles. The molecule has 6 heteroatoms. The van der Waals surface area contributed by atoms with E-state index in [1.54, 1.807) is 19.1 Å². The predicted molar refractivity (Wildman–Crippen MR) is 74.7 cm³/mol. The number of hydrazine groups is 1. The summed E-state index contributed by atoms with van der Waals surface area (Å²) in [6, 6.07) is 1.95. The van der Waals surface area contributed by atoms with Crippen LogP contribution in [0.15, 0.2) is 6.07 Å². The van der Waals surface area contributed by atoms with Gasteiger partial charge < -0.3 is 5.73 Å². The summed E-state index contributed by atoms with van der Waals surface area (Å²) in [4.78, 5) is 16.9. The summed E-state index contributed by atoms with van der Waals surface area (Å²) < 4.78 is 1.00. The van der Waals surface area contributed by atoms with Crippen LogP contribution in [0.2, 0.25) is 0 Å². The summed E-state index contributed by atoms with van der Waals surface area (Å²) in [6.07, 6.45) is 0. The van der Waals surface area contributed by atoms with Gasteiger partial charge in [0, 0.05) is 35.6 Å². The van der Waals surface area contributed by atoms with Crippen LogP contribution in [0.4, 0.5) is 5.69 Å². The summed E-state index contributed by atoms with van der Waals surface area (Å²) in [5.41, 5.74) is 11.1. The van der Waals surface area contributed by atoms with E-state index in [2.05, 4.69) is 10.4 Å². The Hall–Kier alpha value is -1.66. The fraction of sp³-hybridized carbons (Fsp3) is 0.333. The average Bonchev–Trinajstić information content (AvgIpc) is 2.54. The molecule has 0 bridgehead atoms.